The highest BCUT2D eigenvalue weighted by molar-refractivity contribution is 5.82. The monoisotopic (exact) mass is 344 g/mol. The third kappa shape index (κ3) is 3.48. The largest absolute Gasteiger partial charge is 0.481 e. The molecule has 0 spiro atoms. The van der Waals surface area contributed by atoms with Gasteiger partial charge in [0.2, 0.25) is 0 Å². The molecule has 2 aromatic rings. The van der Waals surface area contributed by atoms with E-state index in [1.165, 1.54) is 0 Å². The van der Waals surface area contributed by atoms with Crippen molar-refractivity contribution in [2.45, 2.75) is 33.2 Å². The first kappa shape index (κ1) is 17.3. The minimum Gasteiger partial charge on any atom is -0.481 e. The van der Waals surface area contributed by atoms with Crippen molar-refractivity contribution in [3.8, 4) is 0 Å². The molecule has 1 saturated heterocycles. The van der Waals surface area contributed by atoms with Crippen LogP contribution in [-0.4, -0.2) is 35.1 Å². The zero-order chi connectivity index (χ0) is 18.1. The number of aliphatic carboxylic acids is 1. The molecule has 1 fully saturated rings. The highest BCUT2D eigenvalue weighted by atomic mass is 16.4. The molecule has 1 aliphatic rings. The minimum atomic E-state index is -0.842. The van der Waals surface area contributed by atoms with E-state index in [2.05, 4.69) is 5.32 Å². The Bertz CT molecular complexity index is 798. The summed E-state index contributed by atoms with van der Waals surface area (Å²) < 4.78 is 5.90. The molecule has 3 rings (SSSR count). The third-order valence-electron chi connectivity index (χ3n) is 4.91. The van der Waals surface area contributed by atoms with Crippen LogP contribution in [0.15, 0.2) is 28.7 Å². The number of para-hydroxylation sites is 1. The van der Waals surface area contributed by atoms with E-state index in [0.29, 0.717) is 13.0 Å². The van der Waals surface area contributed by atoms with Gasteiger partial charge in [0.1, 0.15) is 11.3 Å². The topological polar surface area (TPSA) is 82.8 Å². The van der Waals surface area contributed by atoms with Crippen molar-refractivity contribution in [1.82, 2.24) is 10.2 Å². The van der Waals surface area contributed by atoms with Gasteiger partial charge in [0.05, 0.1) is 12.0 Å². The maximum atomic E-state index is 12.6. The number of benzene rings is 1. The number of carbonyl (C=O) groups excluding carboxylic acids is 1. The molecule has 0 saturated carbocycles. The van der Waals surface area contributed by atoms with E-state index in [4.69, 9.17) is 4.42 Å². The van der Waals surface area contributed by atoms with Gasteiger partial charge in [0.15, 0.2) is 0 Å². The number of carbonyl (C=O) groups is 2. The van der Waals surface area contributed by atoms with E-state index in [1.54, 1.807) is 4.90 Å². The second-order valence-corrected chi connectivity index (χ2v) is 7.04. The van der Waals surface area contributed by atoms with Crippen molar-refractivity contribution in [2.24, 2.45) is 11.8 Å². The molecule has 2 amide bonds. The Morgan fingerprint density at radius 2 is 2.04 bits per heavy atom. The number of amides is 2. The van der Waals surface area contributed by atoms with Gasteiger partial charge in [-0.2, -0.15) is 0 Å². The van der Waals surface area contributed by atoms with Gasteiger partial charge in [-0.25, -0.2) is 4.79 Å². The van der Waals surface area contributed by atoms with Gasteiger partial charge in [-0.1, -0.05) is 25.1 Å². The van der Waals surface area contributed by atoms with E-state index in [-0.39, 0.29) is 24.5 Å². The molecule has 3 unspecified atom stereocenters. The van der Waals surface area contributed by atoms with Crippen molar-refractivity contribution in [3.63, 3.8) is 0 Å². The van der Waals surface area contributed by atoms with Crippen molar-refractivity contribution >= 4 is 23.0 Å². The maximum absolute atomic E-state index is 12.6. The lowest BCUT2D eigenvalue weighted by Crippen LogP contribution is -2.49. The number of likely N-dealkylation sites (tertiary alicyclic amines) is 1. The smallest absolute Gasteiger partial charge is 0.318 e. The van der Waals surface area contributed by atoms with Crippen molar-refractivity contribution in [1.29, 1.82) is 0 Å². The van der Waals surface area contributed by atoms with E-state index >= 15 is 0 Å². The van der Waals surface area contributed by atoms with Crippen LogP contribution in [0.2, 0.25) is 0 Å². The van der Waals surface area contributed by atoms with Gasteiger partial charge in [0.25, 0.3) is 0 Å². The number of furan rings is 1. The summed E-state index contributed by atoms with van der Waals surface area (Å²) >= 11 is 0. The molecule has 25 heavy (non-hydrogen) atoms. The quantitative estimate of drug-likeness (QED) is 0.892. The molecule has 3 atom stereocenters. The molecule has 0 radical (unpaired) electrons. The van der Waals surface area contributed by atoms with Gasteiger partial charge < -0.3 is 19.7 Å². The lowest BCUT2D eigenvalue weighted by atomic mass is 9.91. The van der Waals surface area contributed by atoms with Crippen molar-refractivity contribution in [2.75, 3.05) is 13.1 Å². The third-order valence-corrected chi connectivity index (χ3v) is 4.91. The van der Waals surface area contributed by atoms with E-state index < -0.39 is 11.9 Å². The van der Waals surface area contributed by atoms with Crippen LogP contribution in [0.3, 0.4) is 0 Å². The molecule has 134 valence electrons. The van der Waals surface area contributed by atoms with Crippen LogP contribution in [-0.2, 0) is 4.79 Å². The molecule has 6 heteroatoms. The van der Waals surface area contributed by atoms with Crippen molar-refractivity contribution < 1.29 is 19.1 Å². The van der Waals surface area contributed by atoms with Crippen molar-refractivity contribution in [3.05, 3.63) is 35.6 Å². The van der Waals surface area contributed by atoms with E-state index in [0.717, 1.165) is 22.3 Å². The molecule has 2 N–H and O–H groups in total. The molecule has 0 aliphatic carbocycles. The Hall–Kier alpha value is -2.50. The van der Waals surface area contributed by atoms with Gasteiger partial charge in [-0.15, -0.1) is 0 Å². The fraction of sp³-hybridized carbons (Fsp3) is 0.474. The summed E-state index contributed by atoms with van der Waals surface area (Å²) in [6, 6.07) is 7.24. The fourth-order valence-corrected chi connectivity index (χ4v) is 3.64. The van der Waals surface area contributed by atoms with Crippen LogP contribution in [0.5, 0.6) is 0 Å². The summed E-state index contributed by atoms with van der Waals surface area (Å²) in [7, 11) is 0. The average Bonchev–Trinajstić information content (AvgIpc) is 2.91. The summed E-state index contributed by atoms with van der Waals surface area (Å²) in [5.74, 6) is -0.443. The molecule has 6 nitrogen and oxygen atoms in total. The molecule has 1 aromatic carbocycles. The van der Waals surface area contributed by atoms with Crippen LogP contribution < -0.4 is 5.32 Å². The lowest BCUT2D eigenvalue weighted by molar-refractivity contribution is -0.143. The number of fused-ring (bicyclic) bond motifs is 1. The zero-order valence-corrected chi connectivity index (χ0v) is 14.8. The number of carboxylic acids is 1. The zero-order valence-electron chi connectivity index (χ0n) is 14.8. The average molecular weight is 344 g/mol. The predicted octanol–water partition coefficient (Wildman–Crippen LogP) is 3.55. The molecule has 1 aliphatic heterocycles. The number of nitrogens with zero attached hydrogens (tertiary/aromatic N) is 1. The summed E-state index contributed by atoms with van der Waals surface area (Å²) in [6.45, 7) is 6.65. The standard InChI is InChI=1S/C19H24N2O4/c1-11-8-14(18(22)23)10-21(9-11)19(24)20-13(3)17-12(2)15-6-4-5-7-16(15)25-17/h4-7,11,13-14H,8-10H2,1-3H3,(H,20,24)(H,22,23). The highest BCUT2D eigenvalue weighted by Gasteiger charge is 2.32. The normalized spacial score (nSPS) is 22.0. The molecule has 2 heterocycles. The Morgan fingerprint density at radius 1 is 1.32 bits per heavy atom. The number of hydrogen-bond donors (Lipinski definition) is 2. The predicted molar refractivity (Wildman–Crippen MR) is 94.4 cm³/mol. The lowest BCUT2D eigenvalue weighted by Gasteiger charge is -2.35. The molecular weight excluding hydrogens is 320 g/mol. The maximum Gasteiger partial charge on any atom is 0.318 e. The first-order chi connectivity index (χ1) is 11.9. The van der Waals surface area contributed by atoms with Crippen LogP contribution in [0.25, 0.3) is 11.0 Å². The molecular formula is C19H24N2O4. The second kappa shape index (κ2) is 6.78. The number of urea groups is 1. The summed E-state index contributed by atoms with van der Waals surface area (Å²) in [5, 5.41) is 13.2. The number of nitrogens with one attached hydrogen (secondary N) is 1. The van der Waals surface area contributed by atoms with Crippen LogP contribution in [0.4, 0.5) is 4.79 Å². The SMILES string of the molecule is Cc1c(C(C)NC(=O)N2CC(C)CC(C(=O)O)C2)oc2ccccc12. The highest BCUT2D eigenvalue weighted by Crippen LogP contribution is 2.29. The number of carboxylic acid groups (broad SMARTS) is 1. The molecule has 0 bridgehead atoms. The number of piperidine rings is 1. The summed E-state index contributed by atoms with van der Waals surface area (Å²) in [6.07, 6.45) is 0.608. The van der Waals surface area contributed by atoms with Gasteiger partial charge in [0, 0.05) is 24.0 Å². The first-order valence-electron chi connectivity index (χ1n) is 8.63. The van der Waals surface area contributed by atoms with Gasteiger partial charge in [-0.3, -0.25) is 4.79 Å². The Labute approximate surface area is 146 Å². The summed E-state index contributed by atoms with van der Waals surface area (Å²) in [5.41, 5.74) is 1.81. The number of rotatable bonds is 3. The van der Waals surface area contributed by atoms with E-state index in [9.17, 15) is 14.7 Å². The van der Waals surface area contributed by atoms with Gasteiger partial charge in [-0.05, 0) is 32.3 Å². The van der Waals surface area contributed by atoms with E-state index in [1.807, 2.05) is 45.0 Å². The minimum absolute atomic E-state index is 0.170. The first-order valence-corrected chi connectivity index (χ1v) is 8.63. The van der Waals surface area contributed by atoms with Crippen LogP contribution in [0, 0.1) is 18.8 Å². The number of aryl methyl sites for hydroxylation is 1. The van der Waals surface area contributed by atoms with Crippen LogP contribution in [0.1, 0.15) is 37.6 Å². The van der Waals surface area contributed by atoms with Crippen LogP contribution >= 0.6 is 0 Å². The second-order valence-electron chi connectivity index (χ2n) is 7.04. The van der Waals surface area contributed by atoms with Gasteiger partial charge >= 0.3 is 12.0 Å². The Kier molecular flexibility index (Phi) is 4.70. The Balaban J connectivity index is 1.73. The number of hydrogen-bond acceptors (Lipinski definition) is 3. The molecule has 1 aromatic heterocycles. The fourth-order valence-electron chi connectivity index (χ4n) is 3.64. The summed E-state index contributed by atoms with van der Waals surface area (Å²) in [4.78, 5) is 25.5. The Morgan fingerprint density at radius 3 is 2.72 bits per heavy atom.